The average Bonchev–Trinajstić information content (AvgIpc) is 3.11. The quantitative estimate of drug-likeness (QED) is 0.625. The summed E-state index contributed by atoms with van der Waals surface area (Å²) in [5.41, 5.74) is 4.40. The van der Waals surface area contributed by atoms with Gasteiger partial charge in [0.15, 0.2) is 5.82 Å². The van der Waals surface area contributed by atoms with Crippen LogP contribution in [-0.4, -0.2) is 26.0 Å². The van der Waals surface area contributed by atoms with Crippen molar-refractivity contribution in [3.63, 3.8) is 0 Å². The molecule has 4 rings (SSSR count). The molecule has 9 heteroatoms. The first-order chi connectivity index (χ1) is 14.1. The molecule has 0 fully saturated rings. The number of hydrogen-bond donors (Lipinski definition) is 2. The molecule has 29 heavy (non-hydrogen) atoms. The van der Waals surface area contributed by atoms with Crippen molar-refractivity contribution in [2.45, 2.75) is 36.2 Å². The molecule has 0 bridgehead atoms. The molecule has 150 valence electrons. The molecular weight excluding hydrogens is 413 g/mol. The van der Waals surface area contributed by atoms with Crippen LogP contribution in [-0.2, 0) is 11.2 Å². The van der Waals surface area contributed by atoms with Gasteiger partial charge >= 0.3 is 0 Å². The highest BCUT2D eigenvalue weighted by Gasteiger charge is 2.38. The third-order valence-corrected chi connectivity index (χ3v) is 6.06. The molecule has 2 N–H and O–H groups in total. The van der Waals surface area contributed by atoms with Crippen molar-refractivity contribution in [3.05, 3.63) is 70.8 Å². The van der Waals surface area contributed by atoms with E-state index in [1.54, 1.807) is 24.3 Å². The molecule has 0 aliphatic carbocycles. The van der Waals surface area contributed by atoms with Crippen molar-refractivity contribution >= 4 is 35.0 Å². The van der Waals surface area contributed by atoms with Gasteiger partial charge in [0, 0.05) is 11.4 Å². The molecule has 2 heterocycles. The normalized spacial score (nSPS) is 18.0. The number of aryl methyl sites for hydroxylation is 1. The zero-order valence-electron chi connectivity index (χ0n) is 15.6. The molecule has 1 aliphatic rings. The van der Waals surface area contributed by atoms with E-state index in [9.17, 15) is 9.18 Å². The van der Waals surface area contributed by atoms with Crippen molar-refractivity contribution in [1.82, 2.24) is 14.9 Å². The fraction of sp³-hybridized carbons (Fsp3) is 0.250. The minimum absolute atomic E-state index is 0.145. The number of amides is 1. The number of aromatic nitrogens is 3. The minimum Gasteiger partial charge on any atom is -0.323 e. The standard InChI is InChI=1S/C20H19ClFN5OS/c1-2-5-16-24-25-20-27(16)26-17(12-8-10-13(21)11-9-12)18(29-20)19(28)23-15-7-4-3-6-14(15)22/h3-4,6-11,17-18,26H,2,5H2,1H3,(H,23,28)/t17-,18-/m0/s1. The Balaban J connectivity index is 1.67. The van der Waals surface area contributed by atoms with Crippen LogP contribution in [0.1, 0.15) is 30.8 Å². The summed E-state index contributed by atoms with van der Waals surface area (Å²) in [6.45, 7) is 2.07. The summed E-state index contributed by atoms with van der Waals surface area (Å²) in [6.07, 6.45) is 1.69. The van der Waals surface area contributed by atoms with E-state index in [1.165, 1.54) is 23.9 Å². The van der Waals surface area contributed by atoms with Crippen LogP contribution in [0.15, 0.2) is 53.7 Å². The highest BCUT2D eigenvalue weighted by molar-refractivity contribution is 8.00. The highest BCUT2D eigenvalue weighted by Crippen LogP contribution is 2.38. The number of thioether (sulfide) groups is 1. The molecule has 2 aromatic carbocycles. The van der Waals surface area contributed by atoms with E-state index in [0.717, 1.165) is 24.2 Å². The number of hydrogen-bond acceptors (Lipinski definition) is 5. The number of benzene rings is 2. The molecule has 1 aromatic heterocycles. The van der Waals surface area contributed by atoms with Crippen LogP contribution in [0.25, 0.3) is 0 Å². The van der Waals surface area contributed by atoms with Crippen molar-refractivity contribution in [2.24, 2.45) is 0 Å². The van der Waals surface area contributed by atoms with Crippen molar-refractivity contribution in [1.29, 1.82) is 0 Å². The van der Waals surface area contributed by atoms with Crippen LogP contribution in [0.4, 0.5) is 10.1 Å². The first kappa shape index (κ1) is 19.7. The number of carbonyl (C=O) groups excluding carboxylic acids is 1. The van der Waals surface area contributed by atoms with E-state index in [0.29, 0.717) is 10.2 Å². The summed E-state index contributed by atoms with van der Waals surface area (Å²) in [7, 11) is 0. The van der Waals surface area contributed by atoms with Crippen LogP contribution < -0.4 is 10.7 Å². The fourth-order valence-electron chi connectivity index (χ4n) is 3.17. The Morgan fingerprint density at radius 2 is 2.00 bits per heavy atom. The number of anilines is 1. The van der Waals surface area contributed by atoms with Gasteiger partial charge in [0.2, 0.25) is 11.1 Å². The smallest absolute Gasteiger partial charge is 0.240 e. The number of nitrogens with one attached hydrogen (secondary N) is 2. The van der Waals surface area contributed by atoms with E-state index >= 15 is 0 Å². The minimum atomic E-state index is -0.582. The van der Waals surface area contributed by atoms with Gasteiger partial charge < -0.3 is 10.7 Å². The summed E-state index contributed by atoms with van der Waals surface area (Å²) in [5.74, 6) is 0.00632. The lowest BCUT2D eigenvalue weighted by atomic mass is 10.0. The molecule has 0 saturated carbocycles. The Kier molecular flexibility index (Phi) is 5.73. The number of halogens is 2. The van der Waals surface area contributed by atoms with E-state index < -0.39 is 11.1 Å². The average molecular weight is 432 g/mol. The summed E-state index contributed by atoms with van der Waals surface area (Å²) in [5, 5.41) is 11.8. The van der Waals surface area contributed by atoms with E-state index in [1.807, 2.05) is 16.8 Å². The van der Waals surface area contributed by atoms with Crippen molar-refractivity contribution in [3.8, 4) is 0 Å². The van der Waals surface area contributed by atoms with Crippen LogP contribution in [0, 0.1) is 5.82 Å². The largest absolute Gasteiger partial charge is 0.323 e. The van der Waals surface area contributed by atoms with Gasteiger partial charge in [-0.15, -0.1) is 10.2 Å². The van der Waals surface area contributed by atoms with E-state index in [-0.39, 0.29) is 17.6 Å². The molecule has 1 aliphatic heterocycles. The number of nitrogens with zero attached hydrogens (tertiary/aromatic N) is 3. The molecule has 3 aromatic rings. The second-order valence-electron chi connectivity index (χ2n) is 6.65. The third-order valence-electron chi connectivity index (χ3n) is 4.60. The summed E-state index contributed by atoms with van der Waals surface area (Å²) in [4.78, 5) is 13.1. The van der Waals surface area contributed by atoms with Crippen molar-refractivity contribution in [2.75, 3.05) is 10.7 Å². The molecule has 0 unspecified atom stereocenters. The topological polar surface area (TPSA) is 71.8 Å². The third kappa shape index (κ3) is 4.09. The van der Waals surface area contributed by atoms with E-state index in [4.69, 9.17) is 11.6 Å². The zero-order chi connectivity index (χ0) is 20.4. The van der Waals surface area contributed by atoms with Crippen LogP contribution in [0.3, 0.4) is 0 Å². The van der Waals surface area contributed by atoms with Gasteiger partial charge in [-0.05, 0) is 36.2 Å². The summed E-state index contributed by atoms with van der Waals surface area (Å²) >= 11 is 7.34. The number of fused-ring (bicyclic) bond motifs is 1. The SMILES string of the molecule is CCCc1nnc2n1N[C@@H](c1ccc(Cl)cc1)[C@@H](C(=O)Nc1ccccc1F)S2. The molecule has 0 spiro atoms. The van der Waals surface area contributed by atoms with Gasteiger partial charge in [-0.3, -0.25) is 4.79 Å². The Bertz CT molecular complexity index is 1030. The number of para-hydroxylation sites is 1. The maximum absolute atomic E-state index is 14.0. The van der Waals surface area contributed by atoms with Gasteiger partial charge in [0.25, 0.3) is 0 Å². The second kappa shape index (κ2) is 8.42. The molecule has 1 amide bonds. The first-order valence-corrected chi connectivity index (χ1v) is 10.5. The van der Waals surface area contributed by atoms with Gasteiger partial charge in [0.1, 0.15) is 11.1 Å². The Morgan fingerprint density at radius 1 is 1.24 bits per heavy atom. The number of rotatable bonds is 5. The Hall–Kier alpha value is -2.58. The maximum Gasteiger partial charge on any atom is 0.240 e. The molecule has 0 radical (unpaired) electrons. The maximum atomic E-state index is 14.0. The molecule has 0 saturated heterocycles. The molecule has 6 nitrogen and oxygen atoms in total. The summed E-state index contributed by atoms with van der Waals surface area (Å²) in [6, 6.07) is 13.0. The van der Waals surface area contributed by atoms with Crippen LogP contribution in [0.2, 0.25) is 5.02 Å². The van der Waals surface area contributed by atoms with Crippen LogP contribution in [0.5, 0.6) is 0 Å². The predicted molar refractivity (Wildman–Crippen MR) is 112 cm³/mol. The lowest BCUT2D eigenvalue weighted by Gasteiger charge is -2.33. The predicted octanol–water partition coefficient (Wildman–Crippen LogP) is 4.42. The van der Waals surface area contributed by atoms with Gasteiger partial charge in [-0.25, -0.2) is 9.07 Å². The lowest BCUT2D eigenvalue weighted by Crippen LogP contribution is -2.41. The van der Waals surface area contributed by atoms with E-state index in [2.05, 4.69) is 27.9 Å². The Labute approximate surface area is 176 Å². The fourth-order valence-corrected chi connectivity index (χ4v) is 4.40. The monoisotopic (exact) mass is 431 g/mol. The number of carbonyl (C=O) groups is 1. The second-order valence-corrected chi connectivity index (χ2v) is 8.20. The van der Waals surface area contributed by atoms with Gasteiger partial charge in [-0.2, -0.15) is 0 Å². The van der Waals surface area contributed by atoms with Gasteiger partial charge in [0.05, 0.1) is 11.7 Å². The first-order valence-electron chi connectivity index (χ1n) is 9.25. The van der Waals surface area contributed by atoms with Crippen LogP contribution >= 0.6 is 23.4 Å². The molecular formula is C20H19ClFN5OS. The molecule has 2 atom stereocenters. The van der Waals surface area contributed by atoms with Crippen molar-refractivity contribution < 1.29 is 9.18 Å². The summed E-state index contributed by atoms with van der Waals surface area (Å²) < 4.78 is 15.9. The Morgan fingerprint density at radius 3 is 2.72 bits per heavy atom. The lowest BCUT2D eigenvalue weighted by molar-refractivity contribution is -0.116. The van der Waals surface area contributed by atoms with Gasteiger partial charge in [-0.1, -0.05) is 54.6 Å². The zero-order valence-corrected chi connectivity index (χ0v) is 17.2. The highest BCUT2D eigenvalue weighted by atomic mass is 35.5.